The largest absolute Gasteiger partial charge is 0.298 e. The molecule has 84 valence electrons. The Morgan fingerprint density at radius 3 is 3.00 bits per heavy atom. The summed E-state index contributed by atoms with van der Waals surface area (Å²) < 4.78 is 1.80. The topological polar surface area (TPSA) is 58.7 Å². The maximum absolute atomic E-state index is 11.7. The Morgan fingerprint density at radius 2 is 2.50 bits per heavy atom. The molecule has 0 radical (unpaired) electrons. The number of nitriles is 1. The van der Waals surface area contributed by atoms with Crippen LogP contribution in [-0.2, 0) is 18.3 Å². The predicted molar refractivity (Wildman–Crippen MR) is 58.4 cm³/mol. The number of aromatic nitrogens is 2. The number of rotatable bonds is 3. The third kappa shape index (κ3) is 1.73. The number of ketones is 1. The highest BCUT2D eigenvalue weighted by Gasteiger charge is 2.41. The molecule has 0 amide bonds. The summed E-state index contributed by atoms with van der Waals surface area (Å²) in [6.07, 6.45) is 5.26. The molecule has 4 heteroatoms. The van der Waals surface area contributed by atoms with Gasteiger partial charge >= 0.3 is 0 Å². The minimum Gasteiger partial charge on any atom is -0.298 e. The fraction of sp³-hybridized carbons (Fsp3) is 0.583. The average Bonchev–Trinajstić information content (AvgIpc) is 2.84. The highest BCUT2D eigenvalue weighted by Crippen LogP contribution is 2.38. The van der Waals surface area contributed by atoms with Crippen molar-refractivity contribution in [2.45, 2.75) is 32.1 Å². The molecule has 0 N–H and O–H groups in total. The predicted octanol–water partition coefficient (Wildman–Crippen LogP) is 1.62. The number of carbonyl (C=O) groups excluding carboxylic acids is 1. The van der Waals surface area contributed by atoms with Crippen molar-refractivity contribution >= 4 is 5.78 Å². The van der Waals surface area contributed by atoms with Crippen LogP contribution >= 0.6 is 0 Å². The first-order valence-electron chi connectivity index (χ1n) is 5.59. The van der Waals surface area contributed by atoms with E-state index >= 15 is 0 Å². The van der Waals surface area contributed by atoms with Crippen LogP contribution in [0.25, 0.3) is 0 Å². The number of nitrogens with zero attached hydrogens (tertiary/aromatic N) is 3. The van der Waals surface area contributed by atoms with E-state index in [2.05, 4.69) is 11.2 Å². The SMILES string of the molecule is Cn1nccc1CCC1(C#N)CCCC1=O. The average molecular weight is 217 g/mol. The van der Waals surface area contributed by atoms with Gasteiger partial charge in [0.25, 0.3) is 0 Å². The smallest absolute Gasteiger partial charge is 0.153 e. The van der Waals surface area contributed by atoms with Crippen molar-refractivity contribution in [2.24, 2.45) is 12.5 Å². The van der Waals surface area contributed by atoms with E-state index in [1.54, 1.807) is 10.9 Å². The van der Waals surface area contributed by atoms with Crippen LogP contribution in [0, 0.1) is 16.7 Å². The van der Waals surface area contributed by atoms with E-state index in [9.17, 15) is 10.1 Å². The maximum atomic E-state index is 11.7. The molecule has 1 aliphatic carbocycles. The molecule has 0 bridgehead atoms. The quantitative estimate of drug-likeness (QED) is 0.773. The molecule has 1 aromatic rings. The minimum absolute atomic E-state index is 0.122. The lowest BCUT2D eigenvalue weighted by Gasteiger charge is -2.17. The van der Waals surface area contributed by atoms with Crippen LogP contribution in [0.2, 0.25) is 0 Å². The van der Waals surface area contributed by atoms with Gasteiger partial charge in [0.15, 0.2) is 5.78 Å². The lowest BCUT2D eigenvalue weighted by molar-refractivity contribution is -0.123. The Hall–Kier alpha value is -1.63. The number of hydrogen-bond acceptors (Lipinski definition) is 3. The van der Waals surface area contributed by atoms with Crippen LogP contribution in [0.4, 0.5) is 0 Å². The molecule has 1 atom stereocenters. The summed E-state index contributed by atoms with van der Waals surface area (Å²) in [7, 11) is 1.88. The first kappa shape index (κ1) is 10.9. The van der Waals surface area contributed by atoms with Gasteiger partial charge in [-0.05, 0) is 31.7 Å². The third-order valence-electron chi connectivity index (χ3n) is 3.49. The van der Waals surface area contributed by atoms with Gasteiger partial charge in [0.2, 0.25) is 0 Å². The molecule has 1 fully saturated rings. The lowest BCUT2D eigenvalue weighted by Crippen LogP contribution is -2.24. The summed E-state index contributed by atoms with van der Waals surface area (Å²) in [5.41, 5.74) is 0.360. The van der Waals surface area contributed by atoms with Gasteiger partial charge < -0.3 is 0 Å². The number of hydrogen-bond donors (Lipinski definition) is 0. The third-order valence-corrected chi connectivity index (χ3v) is 3.49. The monoisotopic (exact) mass is 217 g/mol. The van der Waals surface area contributed by atoms with E-state index < -0.39 is 5.41 Å². The fourth-order valence-corrected chi connectivity index (χ4v) is 2.36. The van der Waals surface area contributed by atoms with E-state index in [1.807, 2.05) is 13.1 Å². The van der Waals surface area contributed by atoms with Crippen molar-refractivity contribution in [2.75, 3.05) is 0 Å². The van der Waals surface area contributed by atoms with Gasteiger partial charge in [0.05, 0.1) is 6.07 Å². The first-order valence-corrected chi connectivity index (χ1v) is 5.59. The molecular weight excluding hydrogens is 202 g/mol. The maximum Gasteiger partial charge on any atom is 0.153 e. The van der Waals surface area contributed by atoms with Crippen molar-refractivity contribution < 1.29 is 4.79 Å². The van der Waals surface area contributed by atoms with Gasteiger partial charge in [-0.3, -0.25) is 9.48 Å². The van der Waals surface area contributed by atoms with Crippen molar-refractivity contribution in [3.63, 3.8) is 0 Å². The summed E-state index contributed by atoms with van der Waals surface area (Å²) in [5, 5.41) is 13.3. The van der Waals surface area contributed by atoms with Gasteiger partial charge in [-0.15, -0.1) is 0 Å². The van der Waals surface area contributed by atoms with Gasteiger partial charge in [0, 0.05) is 25.4 Å². The first-order chi connectivity index (χ1) is 7.68. The standard InChI is InChI=1S/C12H15N3O/c1-15-10(5-8-14-15)4-7-12(9-13)6-2-3-11(12)16/h5,8H,2-4,6-7H2,1H3. The summed E-state index contributed by atoms with van der Waals surface area (Å²) >= 11 is 0. The van der Waals surface area contributed by atoms with E-state index in [4.69, 9.17) is 0 Å². The van der Waals surface area contributed by atoms with Crippen LogP contribution in [0.1, 0.15) is 31.4 Å². The number of carbonyl (C=O) groups is 1. The van der Waals surface area contributed by atoms with Crippen LogP contribution in [0.5, 0.6) is 0 Å². The van der Waals surface area contributed by atoms with Gasteiger partial charge in [0.1, 0.15) is 5.41 Å². The van der Waals surface area contributed by atoms with Crippen LogP contribution in [0.15, 0.2) is 12.3 Å². The molecule has 1 aliphatic rings. The molecule has 2 rings (SSSR count). The second-order valence-corrected chi connectivity index (χ2v) is 4.42. The molecule has 16 heavy (non-hydrogen) atoms. The second-order valence-electron chi connectivity index (χ2n) is 4.42. The van der Waals surface area contributed by atoms with E-state index in [0.29, 0.717) is 12.8 Å². The van der Waals surface area contributed by atoms with E-state index in [-0.39, 0.29) is 5.78 Å². The zero-order valence-corrected chi connectivity index (χ0v) is 9.44. The zero-order chi connectivity index (χ0) is 11.6. The summed E-state index contributed by atoms with van der Waals surface area (Å²) in [4.78, 5) is 11.7. The molecule has 0 aromatic carbocycles. The summed E-state index contributed by atoms with van der Waals surface area (Å²) in [6, 6.07) is 4.16. The highest BCUT2D eigenvalue weighted by atomic mass is 16.1. The molecule has 1 saturated carbocycles. The van der Waals surface area contributed by atoms with Gasteiger partial charge in [-0.2, -0.15) is 10.4 Å². The lowest BCUT2D eigenvalue weighted by atomic mass is 9.82. The van der Waals surface area contributed by atoms with Crippen molar-refractivity contribution in [1.82, 2.24) is 9.78 Å². The Balaban J connectivity index is 2.07. The normalized spacial score (nSPS) is 24.6. The number of Topliss-reactive ketones (excluding diaryl/α,β-unsaturated/α-hetero) is 1. The molecule has 1 heterocycles. The number of aryl methyl sites for hydroxylation is 2. The Morgan fingerprint density at radius 1 is 1.69 bits per heavy atom. The zero-order valence-electron chi connectivity index (χ0n) is 9.44. The summed E-state index contributed by atoms with van der Waals surface area (Å²) in [5.74, 6) is 0.122. The van der Waals surface area contributed by atoms with Crippen molar-refractivity contribution in [1.29, 1.82) is 5.26 Å². The minimum atomic E-state index is -0.718. The molecule has 0 saturated heterocycles. The molecule has 0 spiro atoms. The molecular formula is C12H15N3O. The molecule has 4 nitrogen and oxygen atoms in total. The molecule has 1 unspecified atom stereocenters. The Kier molecular flexibility index (Phi) is 2.78. The second kappa shape index (κ2) is 4.09. The van der Waals surface area contributed by atoms with Crippen molar-refractivity contribution in [3.8, 4) is 6.07 Å². The Labute approximate surface area is 94.9 Å². The highest BCUT2D eigenvalue weighted by molar-refractivity contribution is 5.89. The fourth-order valence-electron chi connectivity index (χ4n) is 2.36. The van der Waals surface area contributed by atoms with E-state index in [0.717, 1.165) is 25.0 Å². The summed E-state index contributed by atoms with van der Waals surface area (Å²) in [6.45, 7) is 0. The van der Waals surface area contributed by atoms with E-state index in [1.165, 1.54) is 0 Å². The van der Waals surface area contributed by atoms with Crippen LogP contribution in [0.3, 0.4) is 0 Å². The van der Waals surface area contributed by atoms with Crippen molar-refractivity contribution in [3.05, 3.63) is 18.0 Å². The van der Waals surface area contributed by atoms with Gasteiger partial charge in [-0.1, -0.05) is 0 Å². The van der Waals surface area contributed by atoms with Crippen LogP contribution < -0.4 is 0 Å². The molecule has 0 aliphatic heterocycles. The molecule has 1 aromatic heterocycles. The Bertz CT molecular complexity index is 443. The van der Waals surface area contributed by atoms with Crippen LogP contribution in [-0.4, -0.2) is 15.6 Å². The van der Waals surface area contributed by atoms with Gasteiger partial charge in [-0.25, -0.2) is 0 Å².